The van der Waals surface area contributed by atoms with Gasteiger partial charge in [0, 0.05) is 6.04 Å². The van der Waals surface area contributed by atoms with Crippen LogP contribution in [0.5, 0.6) is 0 Å². The third kappa shape index (κ3) is 2.13. The Morgan fingerprint density at radius 2 is 2.50 bits per heavy atom. The van der Waals surface area contributed by atoms with E-state index in [1.54, 1.807) is 11.3 Å². The van der Waals surface area contributed by atoms with Crippen LogP contribution < -0.4 is 5.32 Å². The van der Waals surface area contributed by atoms with Crippen LogP contribution in [0.2, 0.25) is 0 Å². The summed E-state index contributed by atoms with van der Waals surface area (Å²) in [6.07, 6.45) is 2.26. The summed E-state index contributed by atoms with van der Waals surface area (Å²) < 4.78 is 0. The molecule has 0 saturated carbocycles. The molecule has 88 valence electrons. The van der Waals surface area contributed by atoms with E-state index >= 15 is 0 Å². The van der Waals surface area contributed by atoms with Gasteiger partial charge in [-0.05, 0) is 35.7 Å². The standard InChI is InChI=1S/C12H18N2OS/c1-3-4-9(2)14-11(15)7-13-12(14)10-5-6-16-8-10/h5-6,8-9,12-13H,3-4,7H2,1-2H3. The smallest absolute Gasteiger partial charge is 0.238 e. The van der Waals surface area contributed by atoms with Crippen molar-refractivity contribution in [2.75, 3.05) is 6.54 Å². The molecule has 1 aliphatic heterocycles. The number of amides is 1. The van der Waals surface area contributed by atoms with Crippen molar-refractivity contribution in [1.82, 2.24) is 10.2 Å². The highest BCUT2D eigenvalue weighted by molar-refractivity contribution is 7.07. The Labute approximate surface area is 100 Å². The number of nitrogens with zero attached hydrogens (tertiary/aromatic N) is 1. The van der Waals surface area contributed by atoms with Crippen molar-refractivity contribution in [3.05, 3.63) is 22.4 Å². The van der Waals surface area contributed by atoms with Gasteiger partial charge in [-0.25, -0.2) is 0 Å². The molecule has 1 N–H and O–H groups in total. The quantitative estimate of drug-likeness (QED) is 0.873. The fraction of sp³-hybridized carbons (Fsp3) is 0.583. The largest absolute Gasteiger partial charge is 0.319 e. The minimum atomic E-state index is 0.0836. The summed E-state index contributed by atoms with van der Waals surface area (Å²) in [5.41, 5.74) is 1.21. The van der Waals surface area contributed by atoms with Gasteiger partial charge in [0.05, 0.1) is 6.54 Å². The van der Waals surface area contributed by atoms with E-state index in [1.165, 1.54) is 5.56 Å². The van der Waals surface area contributed by atoms with Crippen LogP contribution in [0.3, 0.4) is 0 Å². The van der Waals surface area contributed by atoms with Crippen LogP contribution in [-0.2, 0) is 4.79 Å². The highest BCUT2D eigenvalue weighted by Crippen LogP contribution is 2.27. The van der Waals surface area contributed by atoms with Gasteiger partial charge in [-0.1, -0.05) is 13.3 Å². The molecule has 1 amide bonds. The summed E-state index contributed by atoms with van der Waals surface area (Å²) in [5.74, 6) is 0.220. The Morgan fingerprint density at radius 1 is 1.69 bits per heavy atom. The average molecular weight is 238 g/mol. The summed E-state index contributed by atoms with van der Waals surface area (Å²) in [5, 5.41) is 7.45. The number of hydrogen-bond donors (Lipinski definition) is 1. The summed E-state index contributed by atoms with van der Waals surface area (Å²) in [6.45, 7) is 4.76. The normalized spacial score (nSPS) is 22.8. The molecule has 1 fully saturated rings. The number of carbonyl (C=O) groups is 1. The van der Waals surface area contributed by atoms with Crippen LogP contribution in [0.15, 0.2) is 16.8 Å². The second-order valence-electron chi connectivity index (χ2n) is 4.28. The van der Waals surface area contributed by atoms with Gasteiger partial charge in [0.25, 0.3) is 0 Å². The van der Waals surface area contributed by atoms with Gasteiger partial charge in [0.1, 0.15) is 6.17 Å². The van der Waals surface area contributed by atoms with Gasteiger partial charge in [0.15, 0.2) is 0 Å². The Kier molecular flexibility index (Phi) is 3.61. The lowest BCUT2D eigenvalue weighted by atomic mass is 10.1. The molecule has 0 aromatic carbocycles. The molecule has 1 aliphatic rings. The SMILES string of the molecule is CCCC(C)N1C(=O)CNC1c1ccsc1. The second-order valence-corrected chi connectivity index (χ2v) is 5.06. The van der Waals surface area contributed by atoms with E-state index in [-0.39, 0.29) is 12.1 Å². The maximum Gasteiger partial charge on any atom is 0.238 e. The first kappa shape index (κ1) is 11.6. The topological polar surface area (TPSA) is 32.3 Å². The van der Waals surface area contributed by atoms with E-state index in [0.717, 1.165) is 12.8 Å². The van der Waals surface area contributed by atoms with Crippen molar-refractivity contribution in [2.24, 2.45) is 0 Å². The zero-order valence-electron chi connectivity index (χ0n) is 9.77. The van der Waals surface area contributed by atoms with Crippen LogP contribution in [0.4, 0.5) is 0 Å². The van der Waals surface area contributed by atoms with Crippen LogP contribution in [-0.4, -0.2) is 23.4 Å². The zero-order chi connectivity index (χ0) is 11.5. The highest BCUT2D eigenvalue weighted by Gasteiger charge is 2.34. The average Bonchev–Trinajstić information content (AvgIpc) is 2.86. The molecule has 1 aromatic rings. The summed E-state index contributed by atoms with van der Waals surface area (Å²) in [6, 6.07) is 2.41. The Hall–Kier alpha value is -0.870. The summed E-state index contributed by atoms with van der Waals surface area (Å²) in [4.78, 5) is 13.9. The number of rotatable bonds is 4. The first-order valence-electron chi connectivity index (χ1n) is 5.80. The lowest BCUT2D eigenvalue weighted by Gasteiger charge is -2.30. The molecule has 1 saturated heterocycles. The molecule has 0 radical (unpaired) electrons. The molecule has 2 rings (SSSR count). The first-order valence-corrected chi connectivity index (χ1v) is 6.75. The Bertz CT molecular complexity index is 350. The van der Waals surface area contributed by atoms with Crippen LogP contribution in [0.25, 0.3) is 0 Å². The van der Waals surface area contributed by atoms with E-state index in [2.05, 4.69) is 36.0 Å². The second kappa shape index (κ2) is 4.97. The van der Waals surface area contributed by atoms with E-state index in [0.29, 0.717) is 12.6 Å². The van der Waals surface area contributed by atoms with Crippen LogP contribution >= 0.6 is 11.3 Å². The molecule has 0 bridgehead atoms. The number of thiophene rings is 1. The molecule has 0 aliphatic carbocycles. The fourth-order valence-electron chi connectivity index (χ4n) is 2.28. The monoisotopic (exact) mass is 238 g/mol. The number of hydrogen-bond acceptors (Lipinski definition) is 3. The van der Waals surface area contributed by atoms with E-state index in [4.69, 9.17) is 0 Å². The van der Waals surface area contributed by atoms with Crippen molar-refractivity contribution in [3.63, 3.8) is 0 Å². The van der Waals surface area contributed by atoms with E-state index < -0.39 is 0 Å². The third-order valence-corrected chi connectivity index (χ3v) is 3.75. The van der Waals surface area contributed by atoms with Crippen molar-refractivity contribution in [2.45, 2.75) is 38.9 Å². The minimum absolute atomic E-state index is 0.0836. The lowest BCUT2D eigenvalue weighted by molar-refractivity contribution is -0.130. The predicted molar refractivity (Wildman–Crippen MR) is 66.3 cm³/mol. The molecule has 4 heteroatoms. The molecule has 3 nitrogen and oxygen atoms in total. The van der Waals surface area contributed by atoms with Crippen molar-refractivity contribution in [3.8, 4) is 0 Å². The lowest BCUT2D eigenvalue weighted by Crippen LogP contribution is -2.37. The van der Waals surface area contributed by atoms with E-state index in [9.17, 15) is 4.79 Å². The van der Waals surface area contributed by atoms with Crippen LogP contribution in [0.1, 0.15) is 38.4 Å². The number of nitrogens with one attached hydrogen (secondary N) is 1. The molecular weight excluding hydrogens is 220 g/mol. The Morgan fingerprint density at radius 3 is 3.12 bits per heavy atom. The predicted octanol–water partition coefficient (Wildman–Crippen LogP) is 2.37. The first-order chi connectivity index (χ1) is 7.74. The molecular formula is C12H18N2OS. The van der Waals surface area contributed by atoms with Gasteiger partial charge < -0.3 is 4.90 Å². The van der Waals surface area contributed by atoms with Crippen LogP contribution in [0, 0.1) is 0 Å². The minimum Gasteiger partial charge on any atom is -0.319 e. The van der Waals surface area contributed by atoms with Gasteiger partial charge in [-0.3, -0.25) is 10.1 Å². The molecule has 16 heavy (non-hydrogen) atoms. The van der Waals surface area contributed by atoms with E-state index in [1.807, 2.05) is 4.90 Å². The summed E-state index contributed by atoms with van der Waals surface area (Å²) in [7, 11) is 0. The Balaban J connectivity index is 2.16. The van der Waals surface area contributed by atoms with Gasteiger partial charge >= 0.3 is 0 Å². The van der Waals surface area contributed by atoms with Gasteiger partial charge in [0.2, 0.25) is 5.91 Å². The number of carbonyl (C=O) groups excluding carboxylic acids is 1. The maximum absolute atomic E-state index is 11.9. The molecule has 1 aromatic heterocycles. The fourth-order valence-corrected chi connectivity index (χ4v) is 2.96. The molecule has 2 atom stereocenters. The highest BCUT2D eigenvalue weighted by atomic mass is 32.1. The molecule has 0 spiro atoms. The van der Waals surface area contributed by atoms with Crippen molar-refractivity contribution < 1.29 is 4.79 Å². The van der Waals surface area contributed by atoms with Gasteiger partial charge in [-0.2, -0.15) is 11.3 Å². The molecule has 2 heterocycles. The van der Waals surface area contributed by atoms with Crippen molar-refractivity contribution >= 4 is 17.2 Å². The third-order valence-electron chi connectivity index (χ3n) is 3.05. The van der Waals surface area contributed by atoms with Crippen molar-refractivity contribution in [1.29, 1.82) is 0 Å². The maximum atomic E-state index is 11.9. The zero-order valence-corrected chi connectivity index (χ0v) is 10.6. The summed E-state index contributed by atoms with van der Waals surface area (Å²) >= 11 is 1.68. The molecule has 2 unspecified atom stereocenters. The van der Waals surface area contributed by atoms with Gasteiger partial charge in [-0.15, -0.1) is 0 Å².